The molecule has 0 radical (unpaired) electrons. The normalized spacial score (nSPS) is 54.9. The van der Waals surface area contributed by atoms with Gasteiger partial charge in [0.25, 0.3) is 0 Å². The number of hydrogen-bond donors (Lipinski definition) is 0. The molecular weight excluding hydrogens is 200 g/mol. The first-order valence-corrected chi connectivity index (χ1v) is 6.60. The molecule has 0 heterocycles. The molecule has 0 unspecified atom stereocenters. The molecule has 3 fully saturated rings. The molecule has 88 valence electrons. The summed E-state index contributed by atoms with van der Waals surface area (Å²) in [5, 5.41) is 0. The van der Waals surface area contributed by atoms with Crippen LogP contribution in [0.3, 0.4) is 0 Å². The highest BCUT2D eigenvalue weighted by atomic mass is 16.7. The highest BCUT2D eigenvalue weighted by Crippen LogP contribution is 2.69. The predicted octanol–water partition coefficient (Wildman–Crippen LogP) is 2.45. The van der Waals surface area contributed by atoms with Crippen molar-refractivity contribution in [2.75, 3.05) is 14.2 Å². The molecule has 0 aromatic rings. The zero-order valence-corrected chi connectivity index (χ0v) is 10.1. The summed E-state index contributed by atoms with van der Waals surface area (Å²) in [5.41, 5.74) is 0. The van der Waals surface area contributed by atoms with Crippen molar-refractivity contribution in [2.45, 2.75) is 25.0 Å². The van der Waals surface area contributed by atoms with Crippen molar-refractivity contribution in [3.05, 3.63) is 12.2 Å². The van der Waals surface area contributed by atoms with Gasteiger partial charge in [0, 0.05) is 26.1 Å². The minimum atomic E-state index is -0.309. The molecule has 0 saturated heterocycles. The summed E-state index contributed by atoms with van der Waals surface area (Å²) in [6.45, 7) is 0. The Morgan fingerprint density at radius 1 is 0.938 bits per heavy atom. The van der Waals surface area contributed by atoms with Crippen LogP contribution in [-0.4, -0.2) is 20.0 Å². The van der Waals surface area contributed by atoms with E-state index in [9.17, 15) is 0 Å². The predicted molar refractivity (Wildman–Crippen MR) is 60.7 cm³/mol. The van der Waals surface area contributed by atoms with Gasteiger partial charge in [0.1, 0.15) is 0 Å². The zero-order valence-electron chi connectivity index (χ0n) is 10.1. The summed E-state index contributed by atoms with van der Waals surface area (Å²) in [6, 6.07) is 0. The second kappa shape index (κ2) is 2.91. The van der Waals surface area contributed by atoms with Crippen LogP contribution in [0.5, 0.6) is 0 Å². The Bertz CT molecular complexity index is 317. The molecule has 4 aliphatic carbocycles. The number of methoxy groups -OCH3 is 2. The second-order valence-corrected chi connectivity index (χ2v) is 6.05. The van der Waals surface area contributed by atoms with E-state index in [1.165, 1.54) is 19.3 Å². The molecule has 4 bridgehead atoms. The van der Waals surface area contributed by atoms with E-state index >= 15 is 0 Å². The minimum absolute atomic E-state index is 0.309. The van der Waals surface area contributed by atoms with E-state index in [0.29, 0.717) is 11.8 Å². The van der Waals surface area contributed by atoms with E-state index in [0.717, 1.165) is 23.7 Å². The largest absolute Gasteiger partial charge is 0.352 e. The molecule has 6 atom stereocenters. The monoisotopic (exact) mass is 220 g/mol. The molecule has 0 amide bonds. The molecule has 16 heavy (non-hydrogen) atoms. The highest BCUT2D eigenvalue weighted by Gasteiger charge is 2.69. The molecule has 0 N–H and O–H groups in total. The molecule has 2 nitrogen and oxygen atoms in total. The van der Waals surface area contributed by atoms with Crippen molar-refractivity contribution in [3.8, 4) is 0 Å². The quantitative estimate of drug-likeness (QED) is 0.404. The van der Waals surface area contributed by atoms with E-state index in [4.69, 9.17) is 9.47 Å². The lowest BCUT2D eigenvalue weighted by molar-refractivity contribution is -0.236. The highest BCUT2D eigenvalue weighted by molar-refractivity contribution is 5.26. The van der Waals surface area contributed by atoms with Crippen LogP contribution in [0.25, 0.3) is 0 Å². The van der Waals surface area contributed by atoms with E-state index < -0.39 is 0 Å². The van der Waals surface area contributed by atoms with Crippen LogP contribution in [-0.2, 0) is 9.47 Å². The van der Waals surface area contributed by atoms with Gasteiger partial charge in [-0.05, 0) is 42.9 Å². The standard InChI is InChI=1S/C14H20O2/c1-15-14(16-2)10-5-6-11(14)13-9-4-3-8(7-9)12(10)13/h5-6,8-13H,3-4,7H2,1-2H3/t8-,9+,10-,11+,12+,13-. The van der Waals surface area contributed by atoms with E-state index in [2.05, 4.69) is 12.2 Å². The average Bonchev–Trinajstić information content (AvgIpc) is 3.06. The maximum Gasteiger partial charge on any atom is 0.180 e. The summed E-state index contributed by atoms with van der Waals surface area (Å²) in [7, 11) is 3.64. The van der Waals surface area contributed by atoms with Gasteiger partial charge in [0.05, 0.1) is 0 Å². The zero-order chi connectivity index (χ0) is 10.9. The molecule has 4 aliphatic rings. The SMILES string of the molecule is COC1(OC)[C@@H]2C=C[C@H]1[C@H]1[C@H]3CC[C@H](C3)[C@H]12. The lowest BCUT2D eigenvalue weighted by atomic mass is 9.73. The Morgan fingerprint density at radius 2 is 1.44 bits per heavy atom. The van der Waals surface area contributed by atoms with Crippen molar-refractivity contribution >= 4 is 0 Å². The molecule has 0 spiro atoms. The van der Waals surface area contributed by atoms with Gasteiger partial charge in [-0.15, -0.1) is 0 Å². The minimum Gasteiger partial charge on any atom is -0.352 e. The third-order valence-corrected chi connectivity index (χ3v) is 5.97. The molecule has 3 saturated carbocycles. The molecule has 4 rings (SSSR count). The van der Waals surface area contributed by atoms with Crippen LogP contribution in [0.2, 0.25) is 0 Å². The summed E-state index contributed by atoms with van der Waals surface area (Å²) < 4.78 is 11.6. The Kier molecular flexibility index (Phi) is 1.76. The number of fused-ring (bicyclic) bond motifs is 9. The van der Waals surface area contributed by atoms with E-state index in [-0.39, 0.29) is 5.79 Å². The molecule has 0 aromatic carbocycles. The van der Waals surface area contributed by atoms with Gasteiger partial charge in [-0.3, -0.25) is 0 Å². The Hall–Kier alpha value is -0.340. The van der Waals surface area contributed by atoms with Gasteiger partial charge >= 0.3 is 0 Å². The number of hydrogen-bond acceptors (Lipinski definition) is 2. The maximum atomic E-state index is 5.81. The van der Waals surface area contributed by atoms with Crippen molar-refractivity contribution in [1.29, 1.82) is 0 Å². The van der Waals surface area contributed by atoms with Crippen molar-refractivity contribution < 1.29 is 9.47 Å². The van der Waals surface area contributed by atoms with Crippen molar-refractivity contribution in [1.82, 2.24) is 0 Å². The van der Waals surface area contributed by atoms with Gasteiger partial charge in [-0.25, -0.2) is 0 Å². The first kappa shape index (κ1) is 9.67. The average molecular weight is 220 g/mol. The summed E-state index contributed by atoms with van der Waals surface area (Å²) >= 11 is 0. The summed E-state index contributed by atoms with van der Waals surface area (Å²) in [4.78, 5) is 0. The fraction of sp³-hybridized carbons (Fsp3) is 0.857. The van der Waals surface area contributed by atoms with Crippen LogP contribution in [0, 0.1) is 35.5 Å². The lowest BCUT2D eigenvalue weighted by Gasteiger charge is -2.33. The Balaban J connectivity index is 1.79. The first-order chi connectivity index (χ1) is 7.81. The molecule has 2 heteroatoms. The fourth-order valence-electron chi connectivity index (χ4n) is 5.60. The second-order valence-electron chi connectivity index (χ2n) is 6.05. The third kappa shape index (κ3) is 0.820. The third-order valence-electron chi connectivity index (χ3n) is 5.97. The van der Waals surface area contributed by atoms with E-state index in [1.807, 2.05) is 14.2 Å². The van der Waals surface area contributed by atoms with Gasteiger partial charge in [0.2, 0.25) is 0 Å². The van der Waals surface area contributed by atoms with Crippen LogP contribution < -0.4 is 0 Å². The Labute approximate surface area is 97.0 Å². The van der Waals surface area contributed by atoms with Gasteiger partial charge < -0.3 is 9.47 Å². The van der Waals surface area contributed by atoms with Gasteiger partial charge in [-0.2, -0.15) is 0 Å². The molecule has 0 aromatic heterocycles. The van der Waals surface area contributed by atoms with Gasteiger partial charge in [-0.1, -0.05) is 12.2 Å². The van der Waals surface area contributed by atoms with Gasteiger partial charge in [0.15, 0.2) is 5.79 Å². The fourth-order valence-corrected chi connectivity index (χ4v) is 5.60. The van der Waals surface area contributed by atoms with Crippen molar-refractivity contribution in [3.63, 3.8) is 0 Å². The summed E-state index contributed by atoms with van der Waals surface area (Å²) in [6.07, 6.45) is 9.13. The van der Waals surface area contributed by atoms with Crippen molar-refractivity contribution in [2.24, 2.45) is 35.5 Å². The lowest BCUT2D eigenvalue weighted by Crippen LogP contribution is -2.41. The van der Waals surface area contributed by atoms with Crippen LogP contribution >= 0.6 is 0 Å². The number of ether oxygens (including phenoxy) is 2. The van der Waals surface area contributed by atoms with E-state index in [1.54, 1.807) is 0 Å². The van der Waals surface area contributed by atoms with Crippen LogP contribution in [0.4, 0.5) is 0 Å². The first-order valence-electron chi connectivity index (χ1n) is 6.60. The Morgan fingerprint density at radius 3 is 1.88 bits per heavy atom. The topological polar surface area (TPSA) is 18.5 Å². The maximum absolute atomic E-state index is 5.81. The van der Waals surface area contributed by atoms with Crippen LogP contribution in [0.1, 0.15) is 19.3 Å². The molecular formula is C14H20O2. The number of rotatable bonds is 2. The summed E-state index contributed by atoms with van der Waals surface area (Å²) in [5.74, 6) is 4.36. The smallest absolute Gasteiger partial charge is 0.180 e. The molecule has 0 aliphatic heterocycles. The van der Waals surface area contributed by atoms with Crippen LogP contribution in [0.15, 0.2) is 12.2 Å².